The third kappa shape index (κ3) is 2.49. The minimum Gasteiger partial charge on any atom is -0.508 e. The van der Waals surface area contributed by atoms with Crippen LogP contribution in [-0.4, -0.2) is 18.0 Å². The molecule has 0 aliphatic rings. The molecule has 0 heterocycles. The van der Waals surface area contributed by atoms with Gasteiger partial charge in [0.2, 0.25) is 0 Å². The molecule has 3 nitrogen and oxygen atoms in total. The van der Waals surface area contributed by atoms with Crippen LogP contribution in [0.1, 0.15) is 18.9 Å². The second-order valence-corrected chi connectivity index (χ2v) is 2.89. The van der Waals surface area contributed by atoms with Crippen LogP contribution in [0.3, 0.4) is 0 Å². The number of hydrogen-bond acceptors (Lipinski definition) is 3. The average Bonchev–Trinajstić information content (AvgIpc) is 2.18. The first-order chi connectivity index (χ1) is 6.79. The number of benzene rings is 1. The fourth-order valence-electron chi connectivity index (χ4n) is 1.30. The minimum atomic E-state index is 0.192. The Morgan fingerprint density at radius 2 is 2.29 bits per heavy atom. The van der Waals surface area contributed by atoms with Crippen LogP contribution in [0.2, 0.25) is 0 Å². The van der Waals surface area contributed by atoms with Crippen molar-refractivity contribution >= 4 is 6.29 Å². The summed E-state index contributed by atoms with van der Waals surface area (Å²) in [5, 5.41) is 9.55. The lowest BCUT2D eigenvalue weighted by molar-refractivity contribution is -0.107. The number of hydrogen-bond donors (Lipinski definition) is 1. The number of phenols is 1. The highest BCUT2D eigenvalue weighted by Gasteiger charge is 2.07. The zero-order valence-corrected chi connectivity index (χ0v) is 8.19. The monoisotopic (exact) mass is 194 g/mol. The van der Waals surface area contributed by atoms with E-state index >= 15 is 0 Å². The Morgan fingerprint density at radius 1 is 1.50 bits per heavy atom. The number of rotatable bonds is 5. The fraction of sp³-hybridized carbons (Fsp3) is 0.364. The number of ether oxygens (including phenoxy) is 1. The van der Waals surface area contributed by atoms with Crippen molar-refractivity contribution in [3.8, 4) is 11.5 Å². The number of carbonyl (C=O) groups is 1. The molecule has 1 N–H and O–H groups in total. The molecule has 14 heavy (non-hydrogen) atoms. The summed E-state index contributed by atoms with van der Waals surface area (Å²) in [6.45, 7) is 2.44. The van der Waals surface area contributed by atoms with E-state index in [1.165, 1.54) is 0 Å². The molecular weight excluding hydrogens is 180 g/mol. The first-order valence-corrected chi connectivity index (χ1v) is 4.67. The predicted molar refractivity (Wildman–Crippen MR) is 53.7 cm³/mol. The van der Waals surface area contributed by atoms with E-state index in [0.717, 1.165) is 6.29 Å². The van der Waals surface area contributed by atoms with Crippen LogP contribution >= 0.6 is 0 Å². The van der Waals surface area contributed by atoms with Crippen molar-refractivity contribution in [2.45, 2.75) is 19.8 Å². The third-order valence-corrected chi connectivity index (χ3v) is 1.92. The van der Waals surface area contributed by atoms with Gasteiger partial charge in [-0.1, -0.05) is 6.07 Å². The van der Waals surface area contributed by atoms with Gasteiger partial charge in [-0.3, -0.25) is 0 Å². The maximum Gasteiger partial charge on any atom is 0.126 e. The summed E-state index contributed by atoms with van der Waals surface area (Å²) in [7, 11) is 0. The number of carbonyl (C=O) groups excluding carboxylic acids is 1. The molecule has 1 aromatic carbocycles. The second-order valence-electron chi connectivity index (χ2n) is 2.89. The highest BCUT2D eigenvalue weighted by Crippen LogP contribution is 2.28. The molecule has 0 amide bonds. The average molecular weight is 194 g/mol. The molecule has 0 saturated carbocycles. The van der Waals surface area contributed by atoms with Crippen LogP contribution in [0.4, 0.5) is 0 Å². The highest BCUT2D eigenvalue weighted by atomic mass is 16.5. The van der Waals surface area contributed by atoms with E-state index in [-0.39, 0.29) is 5.75 Å². The fourth-order valence-corrected chi connectivity index (χ4v) is 1.30. The lowest BCUT2D eigenvalue weighted by atomic mass is 10.1. The zero-order chi connectivity index (χ0) is 10.4. The van der Waals surface area contributed by atoms with Crippen LogP contribution in [0, 0.1) is 0 Å². The van der Waals surface area contributed by atoms with Gasteiger partial charge in [-0.05, 0) is 25.5 Å². The van der Waals surface area contributed by atoms with E-state index in [0.29, 0.717) is 30.8 Å². The van der Waals surface area contributed by atoms with E-state index in [9.17, 15) is 9.90 Å². The zero-order valence-electron chi connectivity index (χ0n) is 8.19. The molecule has 0 aromatic heterocycles. The number of phenolic OH excluding ortho intramolecular Hbond substituents is 1. The van der Waals surface area contributed by atoms with Gasteiger partial charge in [0, 0.05) is 12.0 Å². The van der Waals surface area contributed by atoms with E-state index in [1.807, 2.05) is 6.92 Å². The Bertz CT molecular complexity index is 307. The van der Waals surface area contributed by atoms with Gasteiger partial charge < -0.3 is 14.6 Å². The molecule has 0 aliphatic heterocycles. The van der Waals surface area contributed by atoms with Gasteiger partial charge in [0.15, 0.2) is 0 Å². The molecule has 0 aliphatic carbocycles. The lowest BCUT2D eigenvalue weighted by Gasteiger charge is -2.10. The Labute approximate surface area is 83.3 Å². The summed E-state index contributed by atoms with van der Waals surface area (Å²) >= 11 is 0. The molecule has 76 valence electrons. The molecule has 3 heteroatoms. The summed E-state index contributed by atoms with van der Waals surface area (Å²) in [6.07, 6.45) is 1.76. The number of aromatic hydroxyl groups is 1. The molecule has 0 unspecified atom stereocenters. The Morgan fingerprint density at radius 3 is 2.93 bits per heavy atom. The van der Waals surface area contributed by atoms with Gasteiger partial charge in [-0.2, -0.15) is 0 Å². The van der Waals surface area contributed by atoms with Crippen LogP contribution < -0.4 is 4.74 Å². The van der Waals surface area contributed by atoms with Crippen LogP contribution in [0.25, 0.3) is 0 Å². The summed E-state index contributed by atoms with van der Waals surface area (Å²) in [6, 6.07) is 5.12. The van der Waals surface area contributed by atoms with Gasteiger partial charge >= 0.3 is 0 Å². The first-order valence-electron chi connectivity index (χ1n) is 4.67. The Hall–Kier alpha value is -1.51. The molecule has 0 spiro atoms. The van der Waals surface area contributed by atoms with Gasteiger partial charge in [-0.25, -0.2) is 0 Å². The van der Waals surface area contributed by atoms with E-state index in [4.69, 9.17) is 4.74 Å². The Kier molecular flexibility index (Phi) is 3.98. The van der Waals surface area contributed by atoms with Crippen molar-refractivity contribution in [1.29, 1.82) is 0 Å². The van der Waals surface area contributed by atoms with Crippen molar-refractivity contribution in [2.75, 3.05) is 6.61 Å². The Balaban J connectivity index is 2.89. The van der Waals surface area contributed by atoms with Crippen LogP contribution in [-0.2, 0) is 11.2 Å². The molecule has 1 rings (SSSR count). The third-order valence-electron chi connectivity index (χ3n) is 1.92. The normalized spacial score (nSPS) is 9.79. The highest BCUT2D eigenvalue weighted by molar-refractivity contribution is 5.52. The van der Waals surface area contributed by atoms with E-state index in [1.54, 1.807) is 18.2 Å². The molecule has 0 atom stereocenters. The largest absolute Gasteiger partial charge is 0.508 e. The SMILES string of the molecule is CCOc1cccc(O)c1CCC=O. The van der Waals surface area contributed by atoms with Gasteiger partial charge in [0.1, 0.15) is 17.8 Å². The van der Waals surface area contributed by atoms with Crippen LogP contribution in [0.5, 0.6) is 11.5 Å². The maximum atomic E-state index is 10.2. The summed E-state index contributed by atoms with van der Waals surface area (Å²) in [4.78, 5) is 10.2. The van der Waals surface area contributed by atoms with Crippen molar-refractivity contribution in [3.63, 3.8) is 0 Å². The van der Waals surface area contributed by atoms with E-state index < -0.39 is 0 Å². The van der Waals surface area contributed by atoms with Gasteiger partial charge in [-0.15, -0.1) is 0 Å². The molecule has 1 aromatic rings. The van der Waals surface area contributed by atoms with Crippen molar-refractivity contribution in [3.05, 3.63) is 23.8 Å². The minimum absolute atomic E-state index is 0.192. The smallest absolute Gasteiger partial charge is 0.126 e. The molecule has 0 radical (unpaired) electrons. The topological polar surface area (TPSA) is 46.5 Å². The molecule has 0 bridgehead atoms. The summed E-state index contributed by atoms with van der Waals surface area (Å²) < 4.78 is 5.34. The molecular formula is C11H14O3. The number of aldehydes is 1. The van der Waals surface area contributed by atoms with Crippen molar-refractivity contribution in [2.24, 2.45) is 0 Å². The summed E-state index contributed by atoms with van der Waals surface area (Å²) in [5.41, 5.74) is 0.710. The first kappa shape index (κ1) is 10.6. The lowest BCUT2D eigenvalue weighted by Crippen LogP contribution is -1.97. The summed E-state index contributed by atoms with van der Waals surface area (Å²) in [5.74, 6) is 0.854. The van der Waals surface area contributed by atoms with Gasteiger partial charge in [0.25, 0.3) is 0 Å². The quantitative estimate of drug-likeness (QED) is 0.728. The van der Waals surface area contributed by atoms with Crippen molar-refractivity contribution in [1.82, 2.24) is 0 Å². The molecule has 0 fully saturated rings. The molecule has 0 saturated heterocycles. The van der Waals surface area contributed by atoms with Gasteiger partial charge in [0.05, 0.1) is 6.61 Å². The second kappa shape index (κ2) is 5.27. The maximum absolute atomic E-state index is 10.2. The standard InChI is InChI=1S/C11H14O3/c1-2-14-11-7-3-6-10(13)9(11)5-4-8-12/h3,6-8,13H,2,4-5H2,1H3. The van der Waals surface area contributed by atoms with E-state index in [2.05, 4.69) is 0 Å². The van der Waals surface area contributed by atoms with Crippen molar-refractivity contribution < 1.29 is 14.6 Å². The predicted octanol–water partition coefficient (Wildman–Crippen LogP) is 1.92. The van der Waals surface area contributed by atoms with Crippen LogP contribution in [0.15, 0.2) is 18.2 Å².